The normalized spacial score (nSPS) is 17.1. The summed E-state index contributed by atoms with van der Waals surface area (Å²) in [6, 6.07) is 6.14. The summed E-state index contributed by atoms with van der Waals surface area (Å²) >= 11 is 0. The van der Waals surface area contributed by atoms with Crippen molar-refractivity contribution in [1.29, 1.82) is 0 Å². The quantitative estimate of drug-likeness (QED) is 0.701. The van der Waals surface area contributed by atoms with Crippen molar-refractivity contribution in [2.45, 2.75) is 52.4 Å². The second-order valence-electron chi connectivity index (χ2n) is 5.45. The molecule has 1 saturated carbocycles. The Morgan fingerprint density at radius 1 is 1.18 bits per heavy atom. The van der Waals surface area contributed by atoms with Gasteiger partial charge in [-0.1, -0.05) is 55.9 Å². The molecule has 0 atom stereocenters. The molecule has 0 saturated heterocycles. The summed E-state index contributed by atoms with van der Waals surface area (Å²) in [4.78, 5) is 12.2. The number of Topliss-reactive ketones (excluding diaryl/α,β-unsaturated/α-hetero) is 1. The van der Waals surface area contributed by atoms with Crippen LogP contribution < -0.4 is 0 Å². The van der Waals surface area contributed by atoms with E-state index in [2.05, 4.69) is 13.0 Å². The van der Waals surface area contributed by atoms with Crippen molar-refractivity contribution >= 4 is 5.78 Å². The van der Waals surface area contributed by atoms with E-state index in [1.807, 2.05) is 19.1 Å². The Bertz CT molecular complexity index is 400. The average Bonchev–Trinajstić information content (AvgIpc) is 2.30. The lowest BCUT2D eigenvalue weighted by molar-refractivity contribution is 0.0949. The zero-order valence-electron chi connectivity index (χ0n) is 11.0. The number of rotatable bonds is 3. The topological polar surface area (TPSA) is 17.1 Å². The zero-order valence-corrected chi connectivity index (χ0v) is 11.0. The first kappa shape index (κ1) is 12.3. The molecule has 0 heterocycles. The Morgan fingerprint density at radius 3 is 2.53 bits per heavy atom. The van der Waals surface area contributed by atoms with Crippen LogP contribution in [0.15, 0.2) is 18.2 Å². The Kier molecular flexibility index (Phi) is 3.98. The van der Waals surface area contributed by atoms with E-state index in [9.17, 15) is 4.79 Å². The third kappa shape index (κ3) is 3.18. The molecule has 2 rings (SSSR count). The Balaban J connectivity index is 2.03. The van der Waals surface area contributed by atoms with Gasteiger partial charge in [0.1, 0.15) is 0 Å². The molecule has 0 unspecified atom stereocenters. The molecule has 1 heteroatoms. The number of benzene rings is 1. The van der Waals surface area contributed by atoms with E-state index in [-0.39, 0.29) is 0 Å². The molecular formula is C16H22O. The predicted molar refractivity (Wildman–Crippen MR) is 71.4 cm³/mol. The zero-order chi connectivity index (χ0) is 12.3. The lowest BCUT2D eigenvalue weighted by Crippen LogP contribution is -2.13. The Labute approximate surface area is 104 Å². The fraction of sp³-hybridized carbons (Fsp3) is 0.562. The van der Waals surface area contributed by atoms with E-state index in [1.54, 1.807) is 0 Å². The first-order chi connectivity index (χ1) is 8.16. The lowest BCUT2D eigenvalue weighted by Gasteiger charge is -2.21. The van der Waals surface area contributed by atoms with Gasteiger partial charge in [0, 0.05) is 12.0 Å². The SMILES string of the molecule is Cc1ccc(C(=O)CC2CCCCC2)c(C)c1. The molecule has 0 amide bonds. The summed E-state index contributed by atoms with van der Waals surface area (Å²) in [6.45, 7) is 4.11. The number of ketones is 1. The van der Waals surface area contributed by atoms with Gasteiger partial charge in [0.2, 0.25) is 0 Å². The van der Waals surface area contributed by atoms with Gasteiger partial charge in [0.05, 0.1) is 0 Å². The molecular weight excluding hydrogens is 208 g/mol. The molecule has 0 N–H and O–H groups in total. The van der Waals surface area contributed by atoms with Crippen LogP contribution >= 0.6 is 0 Å². The monoisotopic (exact) mass is 230 g/mol. The van der Waals surface area contributed by atoms with Gasteiger partial charge in [-0.25, -0.2) is 0 Å². The van der Waals surface area contributed by atoms with Crippen molar-refractivity contribution in [3.8, 4) is 0 Å². The van der Waals surface area contributed by atoms with E-state index in [0.717, 1.165) is 17.5 Å². The minimum atomic E-state index is 0.342. The third-order valence-corrected chi connectivity index (χ3v) is 3.88. The van der Waals surface area contributed by atoms with E-state index in [0.29, 0.717) is 11.7 Å². The number of hydrogen-bond donors (Lipinski definition) is 0. The molecule has 0 bridgehead atoms. The van der Waals surface area contributed by atoms with Gasteiger partial charge in [-0.05, 0) is 25.3 Å². The molecule has 1 nitrogen and oxygen atoms in total. The van der Waals surface area contributed by atoms with Gasteiger partial charge in [0.15, 0.2) is 5.78 Å². The molecule has 1 fully saturated rings. The molecule has 1 aromatic rings. The van der Waals surface area contributed by atoms with Crippen LogP contribution in [0.3, 0.4) is 0 Å². The summed E-state index contributed by atoms with van der Waals surface area (Å²) in [5, 5.41) is 0. The van der Waals surface area contributed by atoms with Crippen molar-refractivity contribution in [3.05, 3.63) is 34.9 Å². The number of hydrogen-bond acceptors (Lipinski definition) is 1. The second kappa shape index (κ2) is 5.48. The van der Waals surface area contributed by atoms with Gasteiger partial charge in [-0.15, -0.1) is 0 Å². The lowest BCUT2D eigenvalue weighted by atomic mass is 9.84. The maximum atomic E-state index is 12.2. The predicted octanol–water partition coefficient (Wildman–Crippen LogP) is 4.46. The van der Waals surface area contributed by atoms with Crippen molar-refractivity contribution in [2.75, 3.05) is 0 Å². The van der Waals surface area contributed by atoms with Crippen LogP contribution in [-0.2, 0) is 0 Å². The van der Waals surface area contributed by atoms with Crippen LogP contribution in [0.5, 0.6) is 0 Å². The molecule has 0 spiro atoms. The highest BCUT2D eigenvalue weighted by Gasteiger charge is 2.18. The van der Waals surface area contributed by atoms with E-state index in [4.69, 9.17) is 0 Å². The first-order valence-electron chi connectivity index (χ1n) is 6.77. The first-order valence-corrected chi connectivity index (χ1v) is 6.77. The summed E-state index contributed by atoms with van der Waals surface area (Å²) in [6.07, 6.45) is 7.22. The van der Waals surface area contributed by atoms with Crippen molar-refractivity contribution in [3.63, 3.8) is 0 Å². The highest BCUT2D eigenvalue weighted by atomic mass is 16.1. The van der Waals surface area contributed by atoms with Crippen molar-refractivity contribution in [2.24, 2.45) is 5.92 Å². The smallest absolute Gasteiger partial charge is 0.163 e. The Morgan fingerprint density at radius 2 is 1.88 bits per heavy atom. The minimum Gasteiger partial charge on any atom is -0.294 e. The van der Waals surface area contributed by atoms with E-state index < -0.39 is 0 Å². The minimum absolute atomic E-state index is 0.342. The summed E-state index contributed by atoms with van der Waals surface area (Å²) in [7, 11) is 0. The van der Waals surface area contributed by atoms with Gasteiger partial charge < -0.3 is 0 Å². The second-order valence-corrected chi connectivity index (χ2v) is 5.45. The summed E-state index contributed by atoms with van der Waals surface area (Å²) in [5.41, 5.74) is 3.30. The molecule has 0 radical (unpaired) electrons. The summed E-state index contributed by atoms with van der Waals surface area (Å²) in [5.74, 6) is 0.978. The van der Waals surface area contributed by atoms with Crippen LogP contribution in [0, 0.1) is 19.8 Å². The van der Waals surface area contributed by atoms with Crippen molar-refractivity contribution < 1.29 is 4.79 Å². The Hall–Kier alpha value is -1.11. The number of carbonyl (C=O) groups excluding carboxylic acids is 1. The van der Waals surface area contributed by atoms with Crippen LogP contribution in [0.2, 0.25) is 0 Å². The molecule has 92 valence electrons. The maximum absolute atomic E-state index is 12.2. The fourth-order valence-corrected chi connectivity index (χ4v) is 2.89. The largest absolute Gasteiger partial charge is 0.294 e. The molecule has 17 heavy (non-hydrogen) atoms. The van der Waals surface area contributed by atoms with Crippen molar-refractivity contribution in [1.82, 2.24) is 0 Å². The standard InChI is InChI=1S/C16H22O/c1-12-8-9-15(13(2)10-12)16(17)11-14-6-4-3-5-7-14/h8-10,14H,3-7,11H2,1-2H3. The third-order valence-electron chi connectivity index (χ3n) is 3.88. The maximum Gasteiger partial charge on any atom is 0.163 e. The average molecular weight is 230 g/mol. The van der Waals surface area contributed by atoms with Gasteiger partial charge >= 0.3 is 0 Å². The molecule has 0 aromatic heterocycles. The van der Waals surface area contributed by atoms with Crippen LogP contribution in [0.4, 0.5) is 0 Å². The molecule has 1 aromatic carbocycles. The van der Waals surface area contributed by atoms with Gasteiger partial charge in [-0.3, -0.25) is 4.79 Å². The van der Waals surface area contributed by atoms with Crippen LogP contribution in [0.25, 0.3) is 0 Å². The highest BCUT2D eigenvalue weighted by molar-refractivity contribution is 5.97. The molecule has 1 aliphatic rings. The number of carbonyl (C=O) groups is 1. The van der Waals surface area contributed by atoms with Gasteiger partial charge in [0.25, 0.3) is 0 Å². The van der Waals surface area contributed by atoms with Crippen LogP contribution in [-0.4, -0.2) is 5.78 Å². The molecule has 1 aliphatic carbocycles. The van der Waals surface area contributed by atoms with Gasteiger partial charge in [-0.2, -0.15) is 0 Å². The number of aryl methyl sites for hydroxylation is 2. The van der Waals surface area contributed by atoms with E-state index >= 15 is 0 Å². The summed E-state index contributed by atoms with van der Waals surface area (Å²) < 4.78 is 0. The fourth-order valence-electron chi connectivity index (χ4n) is 2.89. The van der Waals surface area contributed by atoms with E-state index in [1.165, 1.54) is 37.7 Å². The molecule has 0 aliphatic heterocycles. The highest BCUT2D eigenvalue weighted by Crippen LogP contribution is 2.28. The van der Waals surface area contributed by atoms with Crippen LogP contribution in [0.1, 0.15) is 60.0 Å².